The lowest BCUT2D eigenvalue weighted by Gasteiger charge is -2.62. The summed E-state index contributed by atoms with van der Waals surface area (Å²) in [5.41, 5.74) is 0.299. The lowest BCUT2D eigenvalue weighted by atomic mass is 9.44. The van der Waals surface area contributed by atoms with Gasteiger partial charge in [0.25, 0.3) is 0 Å². The van der Waals surface area contributed by atoms with E-state index in [0.29, 0.717) is 29.5 Å². The number of hydrogen-bond acceptors (Lipinski definition) is 3. The molecule has 4 aliphatic carbocycles. The van der Waals surface area contributed by atoms with Crippen molar-refractivity contribution >= 4 is 11.8 Å². The summed E-state index contributed by atoms with van der Waals surface area (Å²) in [6.07, 6.45) is 10.9. The average molecular weight is 330 g/mol. The molecule has 1 saturated heterocycles. The van der Waals surface area contributed by atoms with Gasteiger partial charge in [-0.25, -0.2) is 0 Å². The first-order valence-corrected chi connectivity index (χ1v) is 10.1. The van der Waals surface area contributed by atoms with Crippen molar-refractivity contribution in [2.45, 2.75) is 83.7 Å². The first-order valence-electron chi connectivity index (χ1n) is 10.1. The molecule has 0 aromatic rings. The van der Waals surface area contributed by atoms with E-state index in [2.05, 4.69) is 13.8 Å². The van der Waals surface area contributed by atoms with E-state index < -0.39 is 0 Å². The monoisotopic (exact) mass is 330 g/mol. The number of esters is 1. The highest BCUT2D eigenvalue weighted by Gasteiger charge is 2.63. The van der Waals surface area contributed by atoms with Gasteiger partial charge in [0.15, 0.2) is 0 Å². The predicted octanol–water partition coefficient (Wildman–Crippen LogP) is 4.28. The highest BCUT2D eigenvalue weighted by atomic mass is 16.6. The van der Waals surface area contributed by atoms with Crippen LogP contribution in [0.15, 0.2) is 0 Å². The summed E-state index contributed by atoms with van der Waals surface area (Å²) in [5, 5.41) is 0. The van der Waals surface area contributed by atoms with Crippen LogP contribution in [0.4, 0.5) is 0 Å². The lowest BCUT2D eigenvalue weighted by molar-refractivity contribution is -0.217. The molecule has 5 fully saturated rings. The van der Waals surface area contributed by atoms with Gasteiger partial charge >= 0.3 is 5.97 Å². The number of rotatable bonds is 0. The zero-order valence-corrected chi connectivity index (χ0v) is 15.1. The third kappa shape index (κ3) is 1.79. The third-order valence-corrected chi connectivity index (χ3v) is 9.31. The number of ether oxygens (including phenoxy) is 1. The van der Waals surface area contributed by atoms with Gasteiger partial charge in [-0.15, -0.1) is 0 Å². The van der Waals surface area contributed by atoms with Gasteiger partial charge in [-0.2, -0.15) is 0 Å². The molecule has 1 heterocycles. The molecule has 0 amide bonds. The van der Waals surface area contributed by atoms with Gasteiger partial charge in [-0.3, -0.25) is 9.59 Å². The van der Waals surface area contributed by atoms with Crippen molar-refractivity contribution in [1.29, 1.82) is 0 Å². The molecule has 5 rings (SSSR count). The normalized spacial score (nSPS) is 56.1. The molecule has 3 heteroatoms. The fourth-order valence-corrected chi connectivity index (χ4v) is 7.83. The molecule has 132 valence electrons. The van der Waals surface area contributed by atoms with Crippen LogP contribution in [0.25, 0.3) is 0 Å². The van der Waals surface area contributed by atoms with E-state index in [1.807, 2.05) is 0 Å². The highest BCUT2D eigenvalue weighted by Crippen LogP contribution is 2.67. The fourth-order valence-electron chi connectivity index (χ4n) is 7.83. The minimum Gasteiger partial charge on any atom is -0.458 e. The molecular weight excluding hydrogens is 300 g/mol. The summed E-state index contributed by atoms with van der Waals surface area (Å²) in [6.45, 7) is 4.79. The maximum atomic E-state index is 12.5. The topological polar surface area (TPSA) is 43.4 Å². The van der Waals surface area contributed by atoms with Crippen LogP contribution in [0.2, 0.25) is 0 Å². The second-order valence-corrected chi connectivity index (χ2v) is 10.1. The van der Waals surface area contributed by atoms with Crippen LogP contribution in [0, 0.1) is 34.5 Å². The highest BCUT2D eigenvalue weighted by molar-refractivity contribution is 5.87. The van der Waals surface area contributed by atoms with Gasteiger partial charge in [0.1, 0.15) is 11.4 Å². The molecule has 3 nitrogen and oxygen atoms in total. The molecule has 0 radical (unpaired) electrons. The van der Waals surface area contributed by atoms with E-state index in [0.717, 1.165) is 43.9 Å². The smallest absolute Gasteiger partial charge is 0.310 e. The Balaban J connectivity index is 1.41. The molecule has 4 saturated carbocycles. The van der Waals surface area contributed by atoms with Crippen molar-refractivity contribution < 1.29 is 14.3 Å². The van der Waals surface area contributed by atoms with Crippen LogP contribution in [0.3, 0.4) is 0 Å². The average Bonchev–Trinajstić information content (AvgIpc) is 2.82. The van der Waals surface area contributed by atoms with Gasteiger partial charge < -0.3 is 4.74 Å². The van der Waals surface area contributed by atoms with Crippen molar-refractivity contribution in [1.82, 2.24) is 0 Å². The van der Waals surface area contributed by atoms with E-state index in [9.17, 15) is 9.59 Å². The molecule has 0 N–H and O–H groups in total. The van der Waals surface area contributed by atoms with Gasteiger partial charge in [0, 0.05) is 11.8 Å². The summed E-state index contributed by atoms with van der Waals surface area (Å²) < 4.78 is 5.61. The van der Waals surface area contributed by atoms with Crippen molar-refractivity contribution in [2.75, 3.05) is 0 Å². The van der Waals surface area contributed by atoms with Gasteiger partial charge in [0.05, 0.1) is 6.42 Å². The van der Waals surface area contributed by atoms with Gasteiger partial charge in [-0.05, 0) is 80.5 Å². The van der Waals surface area contributed by atoms with Crippen LogP contribution in [0.5, 0.6) is 0 Å². The summed E-state index contributed by atoms with van der Waals surface area (Å²) in [4.78, 5) is 23.9. The van der Waals surface area contributed by atoms with Crippen molar-refractivity contribution in [3.63, 3.8) is 0 Å². The molecule has 0 aromatic heterocycles. The Bertz CT molecular complexity index is 602. The van der Waals surface area contributed by atoms with Gasteiger partial charge in [0.2, 0.25) is 0 Å². The Hall–Kier alpha value is -0.860. The van der Waals surface area contributed by atoms with E-state index >= 15 is 0 Å². The van der Waals surface area contributed by atoms with Crippen molar-refractivity contribution in [3.05, 3.63) is 0 Å². The Morgan fingerprint density at radius 2 is 1.75 bits per heavy atom. The number of hydrogen-bond donors (Lipinski definition) is 0. The van der Waals surface area contributed by atoms with Crippen LogP contribution in [-0.4, -0.2) is 17.4 Å². The van der Waals surface area contributed by atoms with Gasteiger partial charge in [-0.1, -0.05) is 13.8 Å². The van der Waals surface area contributed by atoms with Crippen molar-refractivity contribution in [2.24, 2.45) is 34.5 Å². The van der Waals surface area contributed by atoms with Crippen LogP contribution in [-0.2, 0) is 14.3 Å². The van der Waals surface area contributed by atoms with E-state index in [4.69, 9.17) is 4.74 Å². The number of fused-ring (bicyclic) bond motifs is 5. The quantitative estimate of drug-likeness (QED) is 0.623. The fraction of sp³-hybridized carbons (Fsp3) is 0.905. The Labute approximate surface area is 144 Å². The minimum absolute atomic E-state index is 0.00481. The van der Waals surface area contributed by atoms with E-state index in [-0.39, 0.29) is 17.0 Å². The second kappa shape index (κ2) is 4.65. The van der Waals surface area contributed by atoms with Crippen LogP contribution >= 0.6 is 0 Å². The minimum atomic E-state index is -0.0966. The van der Waals surface area contributed by atoms with E-state index in [1.54, 1.807) is 0 Å². The Morgan fingerprint density at radius 3 is 2.50 bits per heavy atom. The molecule has 7 atom stereocenters. The molecular formula is C21H30O3. The van der Waals surface area contributed by atoms with Crippen molar-refractivity contribution in [3.8, 4) is 0 Å². The number of ketones is 1. The number of carbonyl (C=O) groups is 2. The number of Topliss-reactive ketones (excluding diaryl/α,β-unsaturated/α-hetero) is 1. The SMILES string of the molecule is C[C@]12CC[C@@]3(CC(=O)O3)C[C@@H]1CC[C@@H]1[C@@H]2CC[C@]2(C)C(=O)CC[C@@H]12. The summed E-state index contributed by atoms with van der Waals surface area (Å²) in [5.74, 6) is 3.44. The maximum Gasteiger partial charge on any atom is 0.310 e. The largest absolute Gasteiger partial charge is 0.458 e. The molecule has 0 aromatic carbocycles. The first kappa shape index (κ1) is 15.4. The Morgan fingerprint density at radius 1 is 0.958 bits per heavy atom. The zero-order chi connectivity index (χ0) is 16.7. The predicted molar refractivity (Wildman–Crippen MR) is 90.2 cm³/mol. The third-order valence-electron chi connectivity index (χ3n) is 9.31. The molecule has 1 spiro atoms. The molecule has 5 aliphatic rings. The Kier molecular flexibility index (Phi) is 2.98. The molecule has 1 aliphatic heterocycles. The maximum absolute atomic E-state index is 12.5. The second-order valence-electron chi connectivity index (χ2n) is 10.1. The zero-order valence-electron chi connectivity index (χ0n) is 15.1. The van der Waals surface area contributed by atoms with E-state index in [1.165, 1.54) is 25.7 Å². The first-order chi connectivity index (χ1) is 11.4. The lowest BCUT2D eigenvalue weighted by Crippen LogP contribution is -2.59. The molecule has 24 heavy (non-hydrogen) atoms. The standard InChI is InChI=1S/C21H30O3/c1-19-9-10-21(12-18(23)24-21)11-13(19)3-4-14-15-5-6-17(22)20(15,2)8-7-16(14)19/h13-16H,3-12H2,1-2H3/t13-,14-,15-,16-,19-,20-,21-/m0/s1. The number of carbonyl (C=O) groups excluding carboxylic acids is 2. The summed E-state index contributed by atoms with van der Waals surface area (Å²) in [6, 6.07) is 0. The van der Waals surface area contributed by atoms with Crippen LogP contribution < -0.4 is 0 Å². The van der Waals surface area contributed by atoms with Crippen LogP contribution in [0.1, 0.15) is 78.1 Å². The molecule has 0 bridgehead atoms. The summed E-state index contributed by atoms with van der Waals surface area (Å²) >= 11 is 0. The summed E-state index contributed by atoms with van der Waals surface area (Å²) in [7, 11) is 0. The molecule has 0 unspecified atom stereocenters.